The first kappa shape index (κ1) is 21.0. The molecule has 9 heteroatoms. The molecule has 1 atom stereocenters. The van der Waals surface area contributed by atoms with Crippen molar-refractivity contribution in [2.45, 2.75) is 24.3 Å². The van der Waals surface area contributed by atoms with E-state index in [0.29, 0.717) is 26.8 Å². The number of thioether (sulfide) groups is 1. The molecule has 1 unspecified atom stereocenters. The van der Waals surface area contributed by atoms with Crippen molar-refractivity contribution in [3.05, 3.63) is 81.9 Å². The normalized spacial score (nSPS) is 12.0. The molecule has 2 aromatic carbocycles. The third-order valence-corrected chi connectivity index (χ3v) is 5.80. The van der Waals surface area contributed by atoms with Crippen LogP contribution in [0.25, 0.3) is 16.6 Å². The van der Waals surface area contributed by atoms with E-state index in [2.05, 4.69) is 20.3 Å². The van der Waals surface area contributed by atoms with Gasteiger partial charge in [-0.2, -0.15) is 0 Å². The quantitative estimate of drug-likeness (QED) is 0.360. The van der Waals surface area contributed by atoms with Gasteiger partial charge >= 0.3 is 0 Å². The molecule has 156 valence electrons. The average molecular weight is 452 g/mol. The minimum absolute atomic E-state index is 0.217. The van der Waals surface area contributed by atoms with Crippen molar-refractivity contribution >= 4 is 46.1 Å². The van der Waals surface area contributed by atoms with Gasteiger partial charge in [0, 0.05) is 17.4 Å². The second kappa shape index (κ2) is 8.87. The van der Waals surface area contributed by atoms with Crippen LogP contribution in [0.2, 0.25) is 5.02 Å². The lowest BCUT2D eigenvalue weighted by Gasteiger charge is -2.16. The lowest BCUT2D eigenvalue weighted by Crippen LogP contribution is -2.26. The van der Waals surface area contributed by atoms with Crippen molar-refractivity contribution in [3.8, 4) is 5.69 Å². The molecule has 0 bridgehead atoms. The van der Waals surface area contributed by atoms with Gasteiger partial charge in [0.2, 0.25) is 11.9 Å². The third-order valence-electron chi connectivity index (χ3n) is 4.51. The Labute approximate surface area is 187 Å². The van der Waals surface area contributed by atoms with Crippen LogP contribution < -0.4 is 10.9 Å². The predicted molar refractivity (Wildman–Crippen MR) is 123 cm³/mol. The summed E-state index contributed by atoms with van der Waals surface area (Å²) >= 11 is 7.29. The second-order valence-electron chi connectivity index (χ2n) is 6.86. The number of hydrogen-bond donors (Lipinski definition) is 1. The summed E-state index contributed by atoms with van der Waals surface area (Å²) in [5, 5.41) is 3.43. The van der Waals surface area contributed by atoms with E-state index in [9.17, 15) is 9.59 Å². The zero-order valence-electron chi connectivity index (χ0n) is 16.7. The number of amides is 1. The molecule has 0 spiro atoms. The van der Waals surface area contributed by atoms with Gasteiger partial charge in [-0.3, -0.25) is 19.5 Å². The van der Waals surface area contributed by atoms with Gasteiger partial charge in [-0.25, -0.2) is 15.0 Å². The monoisotopic (exact) mass is 451 g/mol. The number of nitrogens with zero attached hydrogens (tertiary/aromatic N) is 4. The highest BCUT2D eigenvalue weighted by atomic mass is 35.5. The van der Waals surface area contributed by atoms with Crippen LogP contribution >= 0.6 is 23.4 Å². The summed E-state index contributed by atoms with van der Waals surface area (Å²) < 4.78 is 1.52. The van der Waals surface area contributed by atoms with Gasteiger partial charge in [-0.05, 0) is 55.8 Å². The van der Waals surface area contributed by atoms with Crippen molar-refractivity contribution in [2.75, 3.05) is 5.32 Å². The van der Waals surface area contributed by atoms with Gasteiger partial charge in [-0.15, -0.1) is 0 Å². The molecule has 4 rings (SSSR count). The maximum absolute atomic E-state index is 13.4. The van der Waals surface area contributed by atoms with E-state index in [0.717, 1.165) is 5.56 Å². The number of anilines is 1. The molecular formula is C22H18ClN5O2S. The molecule has 31 heavy (non-hydrogen) atoms. The Morgan fingerprint density at radius 3 is 2.65 bits per heavy atom. The summed E-state index contributed by atoms with van der Waals surface area (Å²) in [6, 6.07) is 14.2. The van der Waals surface area contributed by atoms with Crippen LogP contribution in [0.4, 0.5) is 5.95 Å². The zero-order chi connectivity index (χ0) is 22.0. The maximum atomic E-state index is 13.4. The lowest BCUT2D eigenvalue weighted by molar-refractivity contribution is -0.115. The van der Waals surface area contributed by atoms with Crippen molar-refractivity contribution in [2.24, 2.45) is 0 Å². The van der Waals surface area contributed by atoms with Gasteiger partial charge in [-0.1, -0.05) is 35.5 Å². The van der Waals surface area contributed by atoms with Crippen molar-refractivity contribution in [3.63, 3.8) is 0 Å². The molecule has 4 aromatic rings. The Hall–Kier alpha value is -3.23. The van der Waals surface area contributed by atoms with Crippen molar-refractivity contribution < 1.29 is 4.79 Å². The summed E-state index contributed by atoms with van der Waals surface area (Å²) in [5.74, 6) is -0.0818. The zero-order valence-corrected chi connectivity index (χ0v) is 18.3. The SMILES string of the molecule is Cc1cccc(-n2c(SC(C)C(=O)Nc3ncccn3)nc3cc(Cl)ccc3c2=O)c1. The van der Waals surface area contributed by atoms with Gasteiger partial charge in [0.1, 0.15) is 0 Å². The summed E-state index contributed by atoms with van der Waals surface area (Å²) in [4.78, 5) is 38.7. The Morgan fingerprint density at radius 1 is 1.13 bits per heavy atom. The van der Waals surface area contributed by atoms with Crippen LogP contribution in [0.15, 0.2) is 70.9 Å². The summed E-state index contributed by atoms with van der Waals surface area (Å²) in [6.45, 7) is 3.68. The van der Waals surface area contributed by atoms with E-state index in [1.54, 1.807) is 43.6 Å². The molecule has 0 fully saturated rings. The molecule has 1 N–H and O–H groups in total. The topological polar surface area (TPSA) is 89.8 Å². The highest BCUT2D eigenvalue weighted by Crippen LogP contribution is 2.27. The highest BCUT2D eigenvalue weighted by Gasteiger charge is 2.21. The van der Waals surface area contributed by atoms with Gasteiger partial charge < -0.3 is 0 Å². The van der Waals surface area contributed by atoms with Crippen LogP contribution in [0.3, 0.4) is 0 Å². The predicted octanol–water partition coefficient (Wildman–Crippen LogP) is 4.26. The molecule has 0 aliphatic rings. The Kier molecular flexibility index (Phi) is 6.01. The smallest absolute Gasteiger partial charge is 0.266 e. The summed E-state index contributed by atoms with van der Waals surface area (Å²) in [7, 11) is 0. The molecule has 2 heterocycles. The fourth-order valence-corrected chi connectivity index (χ4v) is 4.09. The molecule has 7 nitrogen and oxygen atoms in total. The first-order valence-corrected chi connectivity index (χ1v) is 10.7. The number of carbonyl (C=O) groups is 1. The number of halogens is 1. The van der Waals surface area contributed by atoms with Crippen molar-refractivity contribution in [1.82, 2.24) is 19.5 Å². The minimum Gasteiger partial charge on any atom is -0.294 e. The highest BCUT2D eigenvalue weighted by molar-refractivity contribution is 8.00. The Bertz CT molecular complexity index is 1330. The van der Waals surface area contributed by atoms with Crippen molar-refractivity contribution in [1.29, 1.82) is 0 Å². The van der Waals surface area contributed by atoms with E-state index in [-0.39, 0.29) is 17.4 Å². The number of benzene rings is 2. The van der Waals surface area contributed by atoms with E-state index in [4.69, 9.17) is 11.6 Å². The first-order chi connectivity index (χ1) is 14.9. The van der Waals surface area contributed by atoms with Gasteiger partial charge in [0.15, 0.2) is 5.16 Å². The number of aromatic nitrogens is 4. The molecule has 0 saturated heterocycles. The number of nitrogens with one attached hydrogen (secondary N) is 1. The Morgan fingerprint density at radius 2 is 1.90 bits per heavy atom. The van der Waals surface area contributed by atoms with Crippen LogP contribution in [0.1, 0.15) is 12.5 Å². The number of hydrogen-bond acceptors (Lipinski definition) is 6. The molecule has 1 amide bonds. The number of carbonyl (C=O) groups excluding carboxylic acids is 1. The number of fused-ring (bicyclic) bond motifs is 1. The molecule has 0 radical (unpaired) electrons. The van der Waals surface area contributed by atoms with Crippen LogP contribution in [-0.4, -0.2) is 30.7 Å². The standard InChI is InChI=1S/C22H18ClN5O2S/c1-13-5-3-6-16(11-13)28-20(30)17-8-7-15(23)12-18(17)26-22(28)31-14(2)19(29)27-21-24-9-4-10-25-21/h3-12,14H,1-2H3,(H,24,25,27,29). The first-order valence-electron chi connectivity index (χ1n) is 9.46. The van der Waals surface area contributed by atoms with Gasteiger partial charge in [0.05, 0.1) is 21.8 Å². The summed E-state index contributed by atoms with van der Waals surface area (Å²) in [5.41, 5.74) is 1.93. The van der Waals surface area contributed by atoms with E-state index in [1.165, 1.54) is 16.3 Å². The molecule has 0 saturated carbocycles. The second-order valence-corrected chi connectivity index (χ2v) is 8.60. The third kappa shape index (κ3) is 4.60. The maximum Gasteiger partial charge on any atom is 0.266 e. The van der Waals surface area contributed by atoms with Crippen LogP contribution in [0, 0.1) is 6.92 Å². The Balaban J connectivity index is 1.77. The molecular weight excluding hydrogens is 434 g/mol. The average Bonchev–Trinajstić information content (AvgIpc) is 2.74. The largest absolute Gasteiger partial charge is 0.294 e. The van der Waals surface area contributed by atoms with E-state index in [1.807, 2.05) is 31.2 Å². The lowest BCUT2D eigenvalue weighted by atomic mass is 10.2. The van der Waals surface area contributed by atoms with E-state index >= 15 is 0 Å². The molecule has 2 aromatic heterocycles. The number of rotatable bonds is 5. The fraction of sp³-hybridized carbons (Fsp3) is 0.136. The van der Waals surface area contributed by atoms with Gasteiger partial charge in [0.25, 0.3) is 5.56 Å². The molecule has 0 aliphatic carbocycles. The van der Waals surface area contributed by atoms with E-state index < -0.39 is 5.25 Å². The van der Waals surface area contributed by atoms with Crippen LogP contribution in [-0.2, 0) is 4.79 Å². The number of aryl methyl sites for hydroxylation is 1. The summed E-state index contributed by atoms with van der Waals surface area (Å²) in [6.07, 6.45) is 3.09. The fourth-order valence-electron chi connectivity index (χ4n) is 3.00. The molecule has 0 aliphatic heterocycles. The van der Waals surface area contributed by atoms with Crippen LogP contribution in [0.5, 0.6) is 0 Å². The minimum atomic E-state index is -0.566.